The van der Waals surface area contributed by atoms with Gasteiger partial charge in [0, 0.05) is 7.05 Å². The van der Waals surface area contributed by atoms with Gasteiger partial charge in [-0.15, -0.1) is 0 Å². The van der Waals surface area contributed by atoms with E-state index in [1.807, 2.05) is 25.2 Å². The maximum absolute atomic E-state index is 11.5. The van der Waals surface area contributed by atoms with E-state index in [0.29, 0.717) is 17.8 Å². The van der Waals surface area contributed by atoms with Gasteiger partial charge in [0.1, 0.15) is 11.5 Å². The third kappa shape index (κ3) is 2.84. The number of aliphatic hydroxyl groups excluding tert-OH is 1. The highest BCUT2D eigenvalue weighted by Gasteiger charge is 2.58. The van der Waals surface area contributed by atoms with Crippen LogP contribution in [0.1, 0.15) is 49.7 Å². The molecule has 5 rings (SSSR count). The van der Waals surface area contributed by atoms with Crippen molar-refractivity contribution in [2.24, 2.45) is 17.3 Å². The average Bonchev–Trinajstić information content (AvgIpc) is 3.04. The fraction of sp³-hybridized carbons (Fsp3) is 0.538. The molecule has 0 amide bonds. The molecule has 0 bridgehead atoms. The van der Waals surface area contributed by atoms with Crippen LogP contribution in [0.15, 0.2) is 42.5 Å². The molecule has 0 aromatic heterocycles. The van der Waals surface area contributed by atoms with Gasteiger partial charge in [0.05, 0.1) is 24.9 Å². The van der Waals surface area contributed by atoms with Crippen molar-refractivity contribution in [3.8, 4) is 11.5 Å². The molecule has 3 aliphatic carbocycles. The Kier molecular flexibility index (Phi) is 4.73. The molecule has 3 aliphatic rings. The molecule has 1 unspecified atom stereocenters. The van der Waals surface area contributed by atoms with Gasteiger partial charge in [0.2, 0.25) is 0 Å². The number of phenols is 1. The summed E-state index contributed by atoms with van der Waals surface area (Å²) in [6, 6.07) is 14.1. The third-order valence-corrected chi connectivity index (χ3v) is 8.67. The Balaban J connectivity index is 1.45. The van der Waals surface area contributed by atoms with Crippen LogP contribution in [0.2, 0.25) is 0 Å². The first-order valence-corrected chi connectivity index (χ1v) is 11.3. The van der Waals surface area contributed by atoms with E-state index in [1.165, 1.54) is 17.5 Å². The number of hydrogen-bond acceptors (Lipinski definition) is 4. The molecule has 6 atom stereocenters. The molecule has 0 radical (unpaired) electrons. The highest BCUT2D eigenvalue weighted by Crippen LogP contribution is 2.61. The summed E-state index contributed by atoms with van der Waals surface area (Å²) >= 11 is 0. The minimum absolute atomic E-state index is 0.0318. The summed E-state index contributed by atoms with van der Waals surface area (Å²) in [5, 5.41) is 21.8. The van der Waals surface area contributed by atoms with Crippen molar-refractivity contribution in [2.75, 3.05) is 19.1 Å². The maximum atomic E-state index is 11.5. The lowest BCUT2D eigenvalue weighted by Gasteiger charge is -2.50. The molecule has 2 aromatic carbocycles. The van der Waals surface area contributed by atoms with E-state index in [1.54, 1.807) is 13.2 Å². The summed E-state index contributed by atoms with van der Waals surface area (Å²) < 4.78 is 5.45. The predicted molar refractivity (Wildman–Crippen MR) is 119 cm³/mol. The first-order valence-electron chi connectivity index (χ1n) is 11.3. The Morgan fingerprint density at radius 3 is 2.70 bits per heavy atom. The first-order chi connectivity index (χ1) is 14.4. The number of ether oxygens (including phenoxy) is 1. The summed E-state index contributed by atoms with van der Waals surface area (Å²) in [6.45, 7) is 2.31. The van der Waals surface area contributed by atoms with Crippen LogP contribution < -0.4 is 9.64 Å². The zero-order valence-corrected chi connectivity index (χ0v) is 18.2. The van der Waals surface area contributed by atoms with Crippen LogP contribution in [-0.2, 0) is 6.42 Å². The predicted octanol–water partition coefficient (Wildman–Crippen LogP) is 4.73. The van der Waals surface area contributed by atoms with Gasteiger partial charge in [0.15, 0.2) is 0 Å². The highest BCUT2D eigenvalue weighted by atomic mass is 16.5. The van der Waals surface area contributed by atoms with Crippen LogP contribution in [0.25, 0.3) is 0 Å². The van der Waals surface area contributed by atoms with E-state index in [-0.39, 0.29) is 23.3 Å². The molecule has 4 heteroatoms. The highest BCUT2D eigenvalue weighted by molar-refractivity contribution is 5.58. The Morgan fingerprint density at radius 1 is 1.13 bits per heavy atom. The molecule has 4 nitrogen and oxygen atoms in total. The van der Waals surface area contributed by atoms with E-state index in [4.69, 9.17) is 4.74 Å². The van der Waals surface area contributed by atoms with Crippen LogP contribution in [0.4, 0.5) is 5.69 Å². The molecule has 2 fully saturated rings. The van der Waals surface area contributed by atoms with Gasteiger partial charge in [-0.05, 0) is 90.7 Å². The van der Waals surface area contributed by atoms with Gasteiger partial charge >= 0.3 is 0 Å². The molecule has 0 spiro atoms. The zero-order valence-electron chi connectivity index (χ0n) is 18.2. The minimum atomic E-state index is -0.384. The number of fused-ring (bicyclic) bond motifs is 5. The van der Waals surface area contributed by atoms with Gasteiger partial charge < -0.3 is 19.8 Å². The van der Waals surface area contributed by atoms with Crippen molar-refractivity contribution < 1.29 is 14.9 Å². The Labute approximate surface area is 179 Å². The van der Waals surface area contributed by atoms with Crippen molar-refractivity contribution in [1.82, 2.24) is 0 Å². The molecule has 2 N–H and O–H groups in total. The number of rotatable bonds is 3. The minimum Gasteiger partial charge on any atom is -0.506 e. The molecular weight excluding hydrogens is 374 g/mol. The molecule has 2 saturated carbocycles. The topological polar surface area (TPSA) is 52.9 Å². The molecule has 0 heterocycles. The van der Waals surface area contributed by atoms with E-state index >= 15 is 0 Å². The maximum Gasteiger partial charge on any atom is 0.138 e. The quantitative estimate of drug-likeness (QED) is 0.772. The third-order valence-electron chi connectivity index (χ3n) is 8.67. The summed E-state index contributed by atoms with van der Waals surface area (Å²) in [5.74, 6) is 2.93. The number of phenolic OH excluding ortho intramolecular Hbond substituents is 1. The Morgan fingerprint density at radius 2 is 1.93 bits per heavy atom. The van der Waals surface area contributed by atoms with Crippen molar-refractivity contribution in [3.05, 3.63) is 53.6 Å². The van der Waals surface area contributed by atoms with Crippen LogP contribution in [0, 0.1) is 17.3 Å². The SMILES string of the molecule is COc1ccc2c(c1)CC[C@@H]1[C@@H]2CC[C@]2(C)[C@@H](O)C(N(C)c3ccccc3O)C[C@@H]12. The van der Waals surface area contributed by atoms with E-state index in [0.717, 1.165) is 37.1 Å². The van der Waals surface area contributed by atoms with E-state index in [9.17, 15) is 10.2 Å². The van der Waals surface area contributed by atoms with Gasteiger partial charge in [-0.1, -0.05) is 25.1 Å². The average molecular weight is 408 g/mol. The standard InChI is InChI=1S/C26H33NO3/c1-26-13-12-19-18-11-9-17(30-3)14-16(18)8-10-20(19)21(26)15-23(25(26)29)27(2)22-6-4-5-7-24(22)28/h4-7,9,11,14,19-21,23,25,28-29H,8,10,12-13,15H2,1-3H3/t19-,20-,21+,23?,25+,26+/m1/s1. The molecular formula is C26H33NO3. The number of aromatic hydroxyl groups is 1. The largest absolute Gasteiger partial charge is 0.506 e. The molecule has 160 valence electrons. The van der Waals surface area contributed by atoms with Crippen LogP contribution >= 0.6 is 0 Å². The number of benzene rings is 2. The van der Waals surface area contributed by atoms with Gasteiger partial charge in [-0.3, -0.25) is 0 Å². The fourth-order valence-electron chi connectivity index (χ4n) is 6.98. The van der Waals surface area contributed by atoms with Gasteiger partial charge in [-0.2, -0.15) is 0 Å². The number of para-hydroxylation sites is 2. The van der Waals surface area contributed by atoms with E-state index in [2.05, 4.69) is 30.0 Å². The summed E-state index contributed by atoms with van der Waals surface area (Å²) in [4.78, 5) is 2.11. The van der Waals surface area contributed by atoms with Crippen molar-refractivity contribution in [3.63, 3.8) is 0 Å². The molecule has 0 aliphatic heterocycles. The zero-order chi connectivity index (χ0) is 21.0. The van der Waals surface area contributed by atoms with Gasteiger partial charge in [-0.25, -0.2) is 0 Å². The molecule has 2 aromatic rings. The number of likely N-dealkylation sites (N-methyl/N-ethyl adjacent to an activating group) is 1. The lowest BCUT2D eigenvalue weighted by Crippen LogP contribution is -2.47. The normalized spacial score (nSPS) is 34.6. The Bertz CT molecular complexity index is 944. The lowest BCUT2D eigenvalue weighted by molar-refractivity contribution is -0.0258. The monoisotopic (exact) mass is 407 g/mol. The number of hydrogen-bond donors (Lipinski definition) is 2. The fourth-order valence-corrected chi connectivity index (χ4v) is 6.98. The second-order valence-corrected chi connectivity index (χ2v) is 9.87. The second-order valence-electron chi connectivity index (χ2n) is 9.87. The van der Waals surface area contributed by atoms with Crippen LogP contribution in [0.5, 0.6) is 11.5 Å². The second kappa shape index (κ2) is 7.19. The van der Waals surface area contributed by atoms with Crippen molar-refractivity contribution in [1.29, 1.82) is 0 Å². The number of methoxy groups -OCH3 is 1. The van der Waals surface area contributed by atoms with Crippen molar-refractivity contribution >= 4 is 5.69 Å². The van der Waals surface area contributed by atoms with Crippen LogP contribution in [0.3, 0.4) is 0 Å². The van der Waals surface area contributed by atoms with Crippen molar-refractivity contribution in [2.45, 2.75) is 57.1 Å². The summed E-state index contributed by atoms with van der Waals surface area (Å²) in [7, 11) is 3.75. The van der Waals surface area contributed by atoms with Crippen LogP contribution in [-0.4, -0.2) is 36.5 Å². The summed E-state index contributed by atoms with van der Waals surface area (Å²) in [5.41, 5.74) is 3.69. The first kappa shape index (κ1) is 19.7. The lowest BCUT2D eigenvalue weighted by atomic mass is 9.55. The summed E-state index contributed by atoms with van der Waals surface area (Å²) in [6.07, 6.45) is 5.07. The van der Waals surface area contributed by atoms with Gasteiger partial charge in [0.25, 0.3) is 0 Å². The Hall–Kier alpha value is -2.20. The number of nitrogens with zero attached hydrogens (tertiary/aromatic N) is 1. The molecule has 0 saturated heterocycles. The number of aryl methyl sites for hydroxylation is 1. The smallest absolute Gasteiger partial charge is 0.138 e. The molecule has 30 heavy (non-hydrogen) atoms. The number of anilines is 1. The number of aliphatic hydroxyl groups is 1. The van der Waals surface area contributed by atoms with E-state index < -0.39 is 0 Å².